The Morgan fingerprint density at radius 3 is 2.79 bits per heavy atom. The number of hydrogen-bond donors (Lipinski definition) is 2. The van der Waals surface area contributed by atoms with Gasteiger partial charge in [-0.05, 0) is 31.0 Å². The van der Waals surface area contributed by atoms with Gasteiger partial charge in [0, 0.05) is 18.7 Å². The molecule has 1 aliphatic carbocycles. The van der Waals surface area contributed by atoms with E-state index in [2.05, 4.69) is 15.5 Å². The highest BCUT2D eigenvalue weighted by atomic mass is 16.2. The molecule has 1 aliphatic rings. The van der Waals surface area contributed by atoms with E-state index in [-0.39, 0.29) is 23.3 Å². The van der Waals surface area contributed by atoms with E-state index in [4.69, 9.17) is 0 Å². The molecule has 0 spiro atoms. The number of aromatic amines is 1. The Kier molecular flexibility index (Phi) is 3.26. The minimum atomic E-state index is -0.445. The van der Waals surface area contributed by atoms with Gasteiger partial charge >= 0.3 is 5.69 Å². The first-order valence-corrected chi connectivity index (χ1v) is 7.97. The molecule has 3 aromatic rings. The zero-order valence-electron chi connectivity index (χ0n) is 13.2. The van der Waals surface area contributed by atoms with Gasteiger partial charge in [-0.1, -0.05) is 12.8 Å². The van der Waals surface area contributed by atoms with Gasteiger partial charge < -0.3 is 5.32 Å². The SMILES string of the molecule is Cn1c(=O)c2ccc(C(=O)NC3CCCC3)cc2n2c(=O)[nH]nc12. The van der Waals surface area contributed by atoms with Gasteiger partial charge in [-0.3, -0.25) is 14.2 Å². The van der Waals surface area contributed by atoms with E-state index in [1.165, 1.54) is 8.97 Å². The van der Waals surface area contributed by atoms with Crippen molar-refractivity contribution in [2.75, 3.05) is 0 Å². The summed E-state index contributed by atoms with van der Waals surface area (Å²) in [6.45, 7) is 0. The molecular weight excluding hydrogens is 310 g/mol. The number of carbonyl (C=O) groups is 1. The zero-order chi connectivity index (χ0) is 16.8. The third kappa shape index (κ3) is 2.14. The van der Waals surface area contributed by atoms with E-state index >= 15 is 0 Å². The second-order valence-electron chi connectivity index (χ2n) is 6.22. The second-order valence-corrected chi connectivity index (χ2v) is 6.22. The summed E-state index contributed by atoms with van der Waals surface area (Å²) in [5, 5.41) is 9.59. The predicted octanol–water partition coefficient (Wildman–Crippen LogP) is 0.547. The molecular formula is C16H17N5O3. The Hall–Kier alpha value is -2.90. The van der Waals surface area contributed by atoms with Gasteiger partial charge in [0.05, 0.1) is 10.9 Å². The summed E-state index contributed by atoms with van der Waals surface area (Å²) in [6.07, 6.45) is 4.24. The fraction of sp³-hybridized carbons (Fsp3) is 0.375. The number of benzene rings is 1. The summed E-state index contributed by atoms with van der Waals surface area (Å²) in [6, 6.07) is 4.98. The van der Waals surface area contributed by atoms with Crippen LogP contribution in [-0.4, -0.2) is 31.1 Å². The number of nitrogens with one attached hydrogen (secondary N) is 2. The van der Waals surface area contributed by atoms with Crippen molar-refractivity contribution >= 4 is 22.6 Å². The van der Waals surface area contributed by atoms with Gasteiger partial charge in [0.2, 0.25) is 5.78 Å². The Balaban J connectivity index is 1.88. The smallest absolute Gasteiger partial charge is 0.349 e. The largest absolute Gasteiger partial charge is 0.349 e. The maximum absolute atomic E-state index is 12.5. The average molecular weight is 327 g/mol. The van der Waals surface area contributed by atoms with Crippen LogP contribution in [0.3, 0.4) is 0 Å². The summed E-state index contributed by atoms with van der Waals surface area (Å²) in [5.74, 6) is 0.0278. The first kappa shape index (κ1) is 14.7. The first-order chi connectivity index (χ1) is 11.6. The van der Waals surface area contributed by atoms with Crippen molar-refractivity contribution in [3.8, 4) is 0 Å². The van der Waals surface area contributed by atoms with Crippen LogP contribution in [0.5, 0.6) is 0 Å². The number of carbonyl (C=O) groups excluding carboxylic acids is 1. The number of H-pyrrole nitrogens is 1. The highest BCUT2D eigenvalue weighted by Gasteiger charge is 2.19. The molecule has 0 aliphatic heterocycles. The molecule has 0 bridgehead atoms. The number of rotatable bonds is 2. The fourth-order valence-corrected chi connectivity index (χ4v) is 3.38. The van der Waals surface area contributed by atoms with Gasteiger partial charge in [-0.2, -0.15) is 0 Å². The molecule has 8 heteroatoms. The highest BCUT2D eigenvalue weighted by Crippen LogP contribution is 2.19. The number of hydrogen-bond acceptors (Lipinski definition) is 4. The number of amides is 1. The van der Waals surface area contributed by atoms with Gasteiger partial charge in [0.1, 0.15) is 0 Å². The zero-order valence-corrected chi connectivity index (χ0v) is 13.2. The lowest BCUT2D eigenvalue weighted by Gasteiger charge is -2.12. The van der Waals surface area contributed by atoms with Crippen molar-refractivity contribution in [3.05, 3.63) is 44.6 Å². The lowest BCUT2D eigenvalue weighted by molar-refractivity contribution is 0.0938. The Bertz CT molecular complexity index is 1070. The third-order valence-corrected chi connectivity index (χ3v) is 4.68. The number of fused-ring (bicyclic) bond motifs is 3. The van der Waals surface area contributed by atoms with E-state index in [9.17, 15) is 14.4 Å². The fourth-order valence-electron chi connectivity index (χ4n) is 3.38. The normalized spacial score (nSPS) is 15.4. The second kappa shape index (κ2) is 5.33. The minimum Gasteiger partial charge on any atom is -0.349 e. The number of aryl methyl sites for hydroxylation is 1. The summed E-state index contributed by atoms with van der Waals surface area (Å²) in [7, 11) is 1.55. The molecule has 1 fully saturated rings. The van der Waals surface area contributed by atoms with E-state index in [1.54, 1.807) is 25.2 Å². The van der Waals surface area contributed by atoms with E-state index in [0.29, 0.717) is 16.5 Å². The van der Waals surface area contributed by atoms with Crippen LogP contribution < -0.4 is 16.6 Å². The van der Waals surface area contributed by atoms with E-state index in [1.807, 2.05) is 0 Å². The summed E-state index contributed by atoms with van der Waals surface area (Å²) < 4.78 is 2.61. The summed E-state index contributed by atoms with van der Waals surface area (Å²) in [5.41, 5.74) is 0.0983. The Labute approximate surface area is 136 Å². The third-order valence-electron chi connectivity index (χ3n) is 4.68. The minimum absolute atomic E-state index is 0.186. The predicted molar refractivity (Wildman–Crippen MR) is 88.3 cm³/mol. The molecule has 2 aromatic heterocycles. The number of aromatic nitrogens is 4. The van der Waals surface area contributed by atoms with Crippen LogP contribution >= 0.6 is 0 Å². The molecule has 0 unspecified atom stereocenters. The van der Waals surface area contributed by atoms with Crippen LogP contribution in [0.15, 0.2) is 27.8 Å². The summed E-state index contributed by atoms with van der Waals surface area (Å²) in [4.78, 5) is 36.9. The van der Waals surface area contributed by atoms with Crippen LogP contribution in [0.2, 0.25) is 0 Å². The molecule has 8 nitrogen and oxygen atoms in total. The molecule has 0 atom stereocenters. The summed E-state index contributed by atoms with van der Waals surface area (Å²) >= 11 is 0. The van der Waals surface area contributed by atoms with Crippen LogP contribution in [0.4, 0.5) is 0 Å². The molecule has 24 heavy (non-hydrogen) atoms. The van der Waals surface area contributed by atoms with E-state index in [0.717, 1.165) is 25.7 Å². The van der Waals surface area contributed by atoms with E-state index < -0.39 is 5.69 Å². The molecule has 1 saturated carbocycles. The van der Waals surface area contributed by atoms with Crippen molar-refractivity contribution in [1.29, 1.82) is 0 Å². The molecule has 2 heterocycles. The Morgan fingerprint density at radius 1 is 1.29 bits per heavy atom. The van der Waals surface area contributed by atoms with Crippen LogP contribution in [0.25, 0.3) is 16.7 Å². The van der Waals surface area contributed by atoms with Crippen molar-refractivity contribution in [1.82, 2.24) is 24.5 Å². The van der Waals surface area contributed by atoms with Crippen LogP contribution in [0, 0.1) is 0 Å². The lowest BCUT2D eigenvalue weighted by Crippen LogP contribution is -2.32. The average Bonchev–Trinajstić information content (AvgIpc) is 3.22. The van der Waals surface area contributed by atoms with Crippen molar-refractivity contribution < 1.29 is 4.79 Å². The van der Waals surface area contributed by atoms with Crippen molar-refractivity contribution in [3.63, 3.8) is 0 Å². The topological polar surface area (TPSA) is 101 Å². The molecule has 4 rings (SSSR count). The number of nitrogens with zero attached hydrogens (tertiary/aromatic N) is 3. The van der Waals surface area contributed by atoms with Crippen molar-refractivity contribution in [2.45, 2.75) is 31.7 Å². The van der Waals surface area contributed by atoms with Gasteiger partial charge in [-0.25, -0.2) is 14.3 Å². The van der Waals surface area contributed by atoms with Gasteiger partial charge in [0.15, 0.2) is 0 Å². The molecule has 124 valence electrons. The standard InChI is InChI=1S/C16H17N5O3/c1-20-14(23)11-7-6-9(13(22)17-10-4-2-3-5-10)8-12(11)21-15(20)18-19-16(21)24/h6-8,10H,2-5H2,1H3,(H,17,22)(H,19,24). The van der Waals surface area contributed by atoms with Crippen molar-refractivity contribution in [2.24, 2.45) is 7.05 Å². The molecule has 0 radical (unpaired) electrons. The lowest BCUT2D eigenvalue weighted by atomic mass is 10.1. The van der Waals surface area contributed by atoms with Crippen LogP contribution in [0.1, 0.15) is 36.0 Å². The van der Waals surface area contributed by atoms with Gasteiger partial charge in [0.25, 0.3) is 11.5 Å². The first-order valence-electron chi connectivity index (χ1n) is 7.97. The Morgan fingerprint density at radius 2 is 2.04 bits per heavy atom. The van der Waals surface area contributed by atoms with Gasteiger partial charge in [-0.15, -0.1) is 5.10 Å². The molecule has 0 saturated heterocycles. The quantitative estimate of drug-likeness (QED) is 0.717. The molecule has 2 N–H and O–H groups in total. The highest BCUT2D eigenvalue weighted by molar-refractivity contribution is 5.98. The molecule has 1 aromatic carbocycles. The monoisotopic (exact) mass is 327 g/mol. The molecule has 1 amide bonds. The maximum Gasteiger partial charge on any atom is 0.349 e. The maximum atomic E-state index is 12.5. The van der Waals surface area contributed by atoms with Crippen LogP contribution in [-0.2, 0) is 7.05 Å².